The minimum Gasteiger partial charge on any atom is -0.493 e. The van der Waals surface area contributed by atoms with E-state index in [9.17, 15) is 13.2 Å². The van der Waals surface area contributed by atoms with Gasteiger partial charge in [0, 0.05) is 6.54 Å². The number of sulfonamides is 1. The number of ether oxygens (including phenoxy) is 2. The topological polar surface area (TPSA) is 108 Å². The maximum Gasteiger partial charge on any atom is 0.224 e. The zero-order valence-corrected chi connectivity index (χ0v) is 12.9. The van der Waals surface area contributed by atoms with Crippen LogP contribution in [0.1, 0.15) is 12.0 Å². The van der Waals surface area contributed by atoms with Gasteiger partial charge in [-0.25, -0.2) is 13.6 Å². The Hall–Kier alpha value is -1.80. The molecule has 8 heteroatoms. The van der Waals surface area contributed by atoms with E-state index in [2.05, 4.69) is 5.32 Å². The largest absolute Gasteiger partial charge is 0.493 e. The fraction of sp³-hybridized carbons (Fsp3) is 0.462. The van der Waals surface area contributed by atoms with Crippen molar-refractivity contribution in [2.45, 2.75) is 12.8 Å². The van der Waals surface area contributed by atoms with Gasteiger partial charge in [0.05, 0.1) is 26.4 Å². The summed E-state index contributed by atoms with van der Waals surface area (Å²) in [5.41, 5.74) is 0.775. The van der Waals surface area contributed by atoms with Gasteiger partial charge in [0.15, 0.2) is 11.5 Å². The Morgan fingerprint density at radius 1 is 1.24 bits per heavy atom. The van der Waals surface area contributed by atoms with Crippen LogP contribution in [0.25, 0.3) is 0 Å². The first-order chi connectivity index (χ1) is 9.85. The molecule has 0 saturated carbocycles. The van der Waals surface area contributed by atoms with E-state index < -0.39 is 10.0 Å². The summed E-state index contributed by atoms with van der Waals surface area (Å²) in [5.74, 6) is 0.798. The summed E-state index contributed by atoms with van der Waals surface area (Å²) in [6.07, 6.45) is 0.465. The van der Waals surface area contributed by atoms with Crippen molar-refractivity contribution < 1.29 is 22.7 Å². The molecule has 1 aromatic carbocycles. The normalized spacial score (nSPS) is 11.0. The second-order valence-corrected chi connectivity index (χ2v) is 6.17. The Bertz CT molecular complexity index is 586. The molecule has 0 aromatic heterocycles. The highest BCUT2D eigenvalue weighted by molar-refractivity contribution is 7.89. The Morgan fingerprint density at radius 3 is 2.48 bits per heavy atom. The van der Waals surface area contributed by atoms with Gasteiger partial charge in [-0.3, -0.25) is 4.79 Å². The van der Waals surface area contributed by atoms with Gasteiger partial charge in [0.2, 0.25) is 15.9 Å². The minimum absolute atomic E-state index is 0.149. The lowest BCUT2D eigenvalue weighted by molar-refractivity contribution is -0.120. The zero-order chi connectivity index (χ0) is 15.9. The highest BCUT2D eigenvalue weighted by Crippen LogP contribution is 2.27. The second-order valence-electron chi connectivity index (χ2n) is 4.44. The lowest BCUT2D eigenvalue weighted by atomic mass is 10.1. The molecule has 1 amide bonds. The predicted molar refractivity (Wildman–Crippen MR) is 78.9 cm³/mol. The van der Waals surface area contributed by atoms with Crippen LogP contribution < -0.4 is 19.9 Å². The maximum absolute atomic E-state index is 11.7. The molecule has 0 aliphatic carbocycles. The molecule has 3 N–H and O–H groups in total. The van der Waals surface area contributed by atoms with E-state index in [1.807, 2.05) is 0 Å². The van der Waals surface area contributed by atoms with E-state index in [1.54, 1.807) is 18.2 Å². The summed E-state index contributed by atoms with van der Waals surface area (Å²) in [6.45, 7) is 0.266. The summed E-state index contributed by atoms with van der Waals surface area (Å²) < 4.78 is 31.7. The number of primary sulfonamides is 1. The maximum atomic E-state index is 11.7. The van der Waals surface area contributed by atoms with Crippen molar-refractivity contribution in [1.29, 1.82) is 0 Å². The van der Waals surface area contributed by atoms with Crippen LogP contribution in [0.15, 0.2) is 18.2 Å². The summed E-state index contributed by atoms with van der Waals surface area (Å²) in [7, 11) is -0.419. The molecule has 0 radical (unpaired) electrons. The average Bonchev–Trinajstić information content (AvgIpc) is 2.42. The first-order valence-corrected chi connectivity index (χ1v) is 8.05. The van der Waals surface area contributed by atoms with Crippen LogP contribution in [0.4, 0.5) is 0 Å². The Morgan fingerprint density at radius 2 is 1.90 bits per heavy atom. The van der Waals surface area contributed by atoms with E-state index in [0.717, 1.165) is 5.56 Å². The van der Waals surface area contributed by atoms with Gasteiger partial charge in [0.1, 0.15) is 0 Å². The molecule has 0 spiro atoms. The molecule has 0 atom stereocenters. The van der Waals surface area contributed by atoms with Crippen molar-refractivity contribution in [3.8, 4) is 11.5 Å². The quantitative estimate of drug-likeness (QED) is 0.658. The van der Waals surface area contributed by atoms with Crippen molar-refractivity contribution >= 4 is 15.9 Å². The number of hydrogen-bond donors (Lipinski definition) is 2. The SMILES string of the molecule is COc1ccc(CC(=O)NCCCS(N)(=O)=O)cc1OC. The monoisotopic (exact) mass is 316 g/mol. The number of carbonyl (C=O) groups excluding carboxylic acids is 1. The highest BCUT2D eigenvalue weighted by atomic mass is 32.2. The predicted octanol–water partition coefficient (Wildman–Crippen LogP) is 0.0411. The van der Waals surface area contributed by atoms with Crippen LogP contribution in [-0.4, -0.2) is 40.8 Å². The van der Waals surface area contributed by atoms with Gasteiger partial charge in [-0.15, -0.1) is 0 Å². The Kier molecular flexibility index (Phi) is 6.44. The van der Waals surface area contributed by atoms with Crippen molar-refractivity contribution in [2.75, 3.05) is 26.5 Å². The molecule has 0 heterocycles. The van der Waals surface area contributed by atoms with Gasteiger partial charge in [-0.2, -0.15) is 0 Å². The summed E-state index contributed by atoms with van der Waals surface area (Å²) in [5, 5.41) is 7.51. The molecule has 0 aliphatic rings. The van der Waals surface area contributed by atoms with Crippen LogP contribution >= 0.6 is 0 Å². The molecule has 0 fully saturated rings. The van der Waals surface area contributed by atoms with E-state index in [-0.39, 0.29) is 31.0 Å². The van der Waals surface area contributed by atoms with Crippen LogP contribution in [-0.2, 0) is 21.2 Å². The van der Waals surface area contributed by atoms with Gasteiger partial charge < -0.3 is 14.8 Å². The van der Waals surface area contributed by atoms with Gasteiger partial charge >= 0.3 is 0 Å². The third-order valence-electron chi connectivity index (χ3n) is 2.74. The van der Waals surface area contributed by atoms with Crippen LogP contribution in [0.3, 0.4) is 0 Å². The molecule has 0 saturated heterocycles. The van der Waals surface area contributed by atoms with Crippen molar-refractivity contribution in [2.24, 2.45) is 5.14 Å². The number of methoxy groups -OCH3 is 2. The van der Waals surface area contributed by atoms with Gasteiger partial charge in [-0.1, -0.05) is 6.07 Å². The van der Waals surface area contributed by atoms with Crippen LogP contribution in [0.2, 0.25) is 0 Å². The molecular formula is C13H20N2O5S. The third kappa shape index (κ3) is 6.46. The van der Waals surface area contributed by atoms with Crippen molar-refractivity contribution in [3.05, 3.63) is 23.8 Å². The summed E-state index contributed by atoms with van der Waals surface area (Å²) >= 11 is 0. The number of carbonyl (C=O) groups is 1. The molecule has 118 valence electrons. The van der Waals surface area contributed by atoms with Crippen LogP contribution in [0, 0.1) is 0 Å². The summed E-state index contributed by atoms with van der Waals surface area (Å²) in [4.78, 5) is 11.7. The summed E-state index contributed by atoms with van der Waals surface area (Å²) in [6, 6.07) is 5.22. The molecule has 0 unspecified atom stereocenters. The smallest absolute Gasteiger partial charge is 0.224 e. The van der Waals surface area contributed by atoms with Crippen molar-refractivity contribution in [1.82, 2.24) is 5.32 Å². The first-order valence-electron chi connectivity index (χ1n) is 6.34. The van der Waals surface area contributed by atoms with E-state index in [4.69, 9.17) is 14.6 Å². The Balaban J connectivity index is 2.48. The standard InChI is InChI=1S/C13H20N2O5S/c1-19-11-5-4-10(8-12(11)20-2)9-13(16)15-6-3-7-21(14,17)18/h4-5,8H,3,6-7,9H2,1-2H3,(H,15,16)(H2,14,17,18). The molecule has 1 rings (SSSR count). The van der Waals surface area contributed by atoms with Gasteiger partial charge in [-0.05, 0) is 24.1 Å². The first kappa shape index (κ1) is 17.3. The third-order valence-corrected chi connectivity index (χ3v) is 3.60. The second kappa shape index (κ2) is 7.84. The molecule has 0 bridgehead atoms. The van der Waals surface area contributed by atoms with Crippen LogP contribution in [0.5, 0.6) is 11.5 Å². The minimum atomic E-state index is -3.48. The number of hydrogen-bond acceptors (Lipinski definition) is 5. The number of benzene rings is 1. The molecule has 0 aliphatic heterocycles. The molecule has 1 aromatic rings. The molecular weight excluding hydrogens is 296 g/mol. The van der Waals surface area contributed by atoms with E-state index in [1.165, 1.54) is 14.2 Å². The number of nitrogens with two attached hydrogens (primary N) is 1. The number of rotatable bonds is 8. The van der Waals surface area contributed by atoms with Crippen molar-refractivity contribution in [3.63, 3.8) is 0 Å². The molecule has 7 nitrogen and oxygen atoms in total. The fourth-order valence-corrected chi connectivity index (χ4v) is 2.29. The number of amides is 1. The van der Waals surface area contributed by atoms with E-state index in [0.29, 0.717) is 11.5 Å². The fourth-order valence-electron chi connectivity index (χ4n) is 1.74. The number of nitrogens with one attached hydrogen (secondary N) is 1. The highest BCUT2D eigenvalue weighted by Gasteiger charge is 2.08. The Labute approximate surface area is 124 Å². The average molecular weight is 316 g/mol. The zero-order valence-electron chi connectivity index (χ0n) is 12.1. The molecule has 21 heavy (non-hydrogen) atoms. The lowest BCUT2D eigenvalue weighted by Gasteiger charge is -2.09. The lowest BCUT2D eigenvalue weighted by Crippen LogP contribution is -2.28. The van der Waals surface area contributed by atoms with E-state index >= 15 is 0 Å². The van der Waals surface area contributed by atoms with Gasteiger partial charge in [0.25, 0.3) is 0 Å².